The third-order valence-electron chi connectivity index (χ3n) is 4.96. The van der Waals surface area contributed by atoms with Crippen molar-refractivity contribution < 1.29 is 13.2 Å². The molecule has 2 bridgehead atoms. The van der Waals surface area contributed by atoms with Crippen LogP contribution in [0.1, 0.15) is 25.7 Å². The van der Waals surface area contributed by atoms with Gasteiger partial charge in [-0.25, -0.2) is 12.7 Å². The third-order valence-corrected chi connectivity index (χ3v) is 6.77. The number of anilines is 1. The molecule has 1 aromatic carbocycles. The van der Waals surface area contributed by atoms with E-state index in [4.69, 9.17) is 0 Å². The smallest absolute Gasteiger partial charge is 0.242 e. The number of sulfonamides is 1. The first-order valence-electron chi connectivity index (χ1n) is 7.71. The highest BCUT2D eigenvalue weighted by Gasteiger charge is 2.43. The van der Waals surface area contributed by atoms with Crippen LogP contribution in [0.3, 0.4) is 0 Å². The van der Waals surface area contributed by atoms with E-state index in [0.29, 0.717) is 17.5 Å². The second kappa shape index (κ2) is 5.66. The van der Waals surface area contributed by atoms with Gasteiger partial charge in [-0.15, -0.1) is 0 Å². The summed E-state index contributed by atoms with van der Waals surface area (Å²) >= 11 is 0. The summed E-state index contributed by atoms with van der Waals surface area (Å²) in [5.74, 6) is 1.35. The second-order valence-electron chi connectivity index (χ2n) is 6.59. The molecular weight excluding hydrogens is 300 g/mol. The molecule has 0 heterocycles. The lowest BCUT2D eigenvalue weighted by Crippen LogP contribution is -2.27. The van der Waals surface area contributed by atoms with Crippen LogP contribution in [0.15, 0.2) is 29.2 Å². The van der Waals surface area contributed by atoms with Crippen molar-refractivity contribution in [3.05, 3.63) is 24.3 Å². The minimum Gasteiger partial charge on any atom is -0.326 e. The molecule has 1 aromatic rings. The Balaban J connectivity index is 1.75. The summed E-state index contributed by atoms with van der Waals surface area (Å²) in [4.78, 5) is 12.6. The Labute approximate surface area is 131 Å². The number of hydrogen-bond donors (Lipinski definition) is 1. The average molecular weight is 322 g/mol. The van der Waals surface area contributed by atoms with Crippen LogP contribution in [0.4, 0.5) is 5.69 Å². The lowest BCUT2D eigenvalue weighted by Gasteiger charge is -2.21. The van der Waals surface area contributed by atoms with Gasteiger partial charge in [0.1, 0.15) is 0 Å². The molecule has 22 heavy (non-hydrogen) atoms. The number of rotatable bonds is 4. The predicted octanol–water partition coefficient (Wildman–Crippen LogP) is 2.31. The maximum absolute atomic E-state index is 12.4. The van der Waals surface area contributed by atoms with E-state index in [-0.39, 0.29) is 16.7 Å². The molecule has 3 atom stereocenters. The lowest BCUT2D eigenvalue weighted by molar-refractivity contribution is -0.121. The number of fused-ring (bicyclic) bond motifs is 2. The van der Waals surface area contributed by atoms with Crippen molar-refractivity contribution in [1.29, 1.82) is 0 Å². The fourth-order valence-electron chi connectivity index (χ4n) is 3.75. The van der Waals surface area contributed by atoms with Crippen LogP contribution in [0.5, 0.6) is 0 Å². The van der Waals surface area contributed by atoms with Crippen molar-refractivity contribution in [3.63, 3.8) is 0 Å². The van der Waals surface area contributed by atoms with Crippen LogP contribution in [0.25, 0.3) is 0 Å². The van der Waals surface area contributed by atoms with Gasteiger partial charge in [-0.05, 0) is 49.3 Å². The summed E-state index contributed by atoms with van der Waals surface area (Å²) in [6, 6.07) is 6.47. The molecule has 3 rings (SSSR count). The van der Waals surface area contributed by atoms with Crippen LogP contribution >= 0.6 is 0 Å². The quantitative estimate of drug-likeness (QED) is 0.925. The standard InChI is InChI=1S/C16H22N2O3S/c1-18(2)22(20,21)14-5-3-4-13(10-14)17-16(19)15-9-11-6-7-12(15)8-11/h3-5,10-12,15H,6-9H2,1-2H3,(H,17,19). The van der Waals surface area contributed by atoms with E-state index in [0.717, 1.165) is 12.8 Å². The topological polar surface area (TPSA) is 66.5 Å². The Morgan fingerprint density at radius 3 is 2.59 bits per heavy atom. The Hall–Kier alpha value is -1.40. The lowest BCUT2D eigenvalue weighted by atomic mass is 9.88. The molecular formula is C16H22N2O3S. The summed E-state index contributed by atoms with van der Waals surface area (Å²) in [5, 5.41) is 2.90. The zero-order valence-corrected chi connectivity index (χ0v) is 13.8. The van der Waals surface area contributed by atoms with Crippen molar-refractivity contribution >= 4 is 21.6 Å². The van der Waals surface area contributed by atoms with Gasteiger partial charge in [-0.3, -0.25) is 4.79 Å². The highest BCUT2D eigenvalue weighted by molar-refractivity contribution is 7.89. The Bertz CT molecular complexity index is 684. The minimum absolute atomic E-state index is 0.0339. The summed E-state index contributed by atoms with van der Waals surface area (Å²) in [6.07, 6.45) is 4.56. The van der Waals surface area contributed by atoms with Gasteiger partial charge >= 0.3 is 0 Å². The number of nitrogens with one attached hydrogen (secondary N) is 1. The van der Waals surface area contributed by atoms with E-state index in [9.17, 15) is 13.2 Å². The molecule has 5 nitrogen and oxygen atoms in total. The number of carbonyl (C=O) groups excluding carboxylic acids is 1. The van der Waals surface area contributed by atoms with Crippen molar-refractivity contribution in [2.24, 2.45) is 17.8 Å². The summed E-state index contributed by atoms with van der Waals surface area (Å²) in [5.41, 5.74) is 0.552. The average Bonchev–Trinajstić information content (AvgIpc) is 3.10. The first-order valence-corrected chi connectivity index (χ1v) is 9.15. The van der Waals surface area contributed by atoms with E-state index in [2.05, 4.69) is 5.32 Å². The van der Waals surface area contributed by atoms with Gasteiger partial charge in [0.25, 0.3) is 0 Å². The van der Waals surface area contributed by atoms with Gasteiger partial charge in [-0.1, -0.05) is 12.5 Å². The summed E-state index contributed by atoms with van der Waals surface area (Å²) in [6.45, 7) is 0. The summed E-state index contributed by atoms with van der Waals surface area (Å²) < 4.78 is 25.5. The predicted molar refractivity (Wildman–Crippen MR) is 84.9 cm³/mol. The second-order valence-corrected chi connectivity index (χ2v) is 8.74. The minimum atomic E-state index is -3.48. The van der Waals surface area contributed by atoms with Crippen molar-refractivity contribution in [1.82, 2.24) is 4.31 Å². The fraction of sp³-hybridized carbons (Fsp3) is 0.562. The van der Waals surface area contributed by atoms with Gasteiger partial charge < -0.3 is 5.32 Å². The highest BCUT2D eigenvalue weighted by atomic mass is 32.2. The Morgan fingerprint density at radius 1 is 1.23 bits per heavy atom. The highest BCUT2D eigenvalue weighted by Crippen LogP contribution is 2.48. The van der Waals surface area contributed by atoms with Gasteiger partial charge in [0.15, 0.2) is 0 Å². The fourth-order valence-corrected chi connectivity index (χ4v) is 4.69. The molecule has 0 spiro atoms. The van der Waals surface area contributed by atoms with E-state index >= 15 is 0 Å². The van der Waals surface area contributed by atoms with Crippen molar-refractivity contribution in [3.8, 4) is 0 Å². The molecule has 120 valence electrons. The molecule has 1 amide bonds. The van der Waals surface area contributed by atoms with Gasteiger partial charge in [0, 0.05) is 25.7 Å². The zero-order chi connectivity index (χ0) is 15.9. The largest absolute Gasteiger partial charge is 0.326 e. The zero-order valence-electron chi connectivity index (χ0n) is 13.0. The molecule has 3 unspecified atom stereocenters. The number of amides is 1. The van der Waals surface area contributed by atoms with Gasteiger partial charge in [0.05, 0.1) is 4.90 Å². The van der Waals surface area contributed by atoms with Gasteiger partial charge in [-0.2, -0.15) is 0 Å². The van der Waals surface area contributed by atoms with E-state index in [1.807, 2.05) is 0 Å². The summed E-state index contributed by atoms with van der Waals surface area (Å²) in [7, 11) is -0.489. The molecule has 0 radical (unpaired) electrons. The van der Waals surface area contributed by atoms with Crippen LogP contribution in [-0.4, -0.2) is 32.7 Å². The van der Waals surface area contributed by atoms with Crippen LogP contribution in [0.2, 0.25) is 0 Å². The maximum Gasteiger partial charge on any atom is 0.242 e. The molecule has 2 fully saturated rings. The molecule has 0 aliphatic heterocycles. The van der Waals surface area contributed by atoms with E-state index in [1.165, 1.54) is 37.3 Å². The molecule has 2 aliphatic rings. The molecule has 0 aromatic heterocycles. The van der Waals surface area contributed by atoms with Gasteiger partial charge in [0.2, 0.25) is 15.9 Å². The molecule has 2 aliphatic carbocycles. The van der Waals surface area contributed by atoms with Crippen LogP contribution < -0.4 is 5.32 Å². The van der Waals surface area contributed by atoms with Crippen LogP contribution in [0, 0.1) is 17.8 Å². The monoisotopic (exact) mass is 322 g/mol. The SMILES string of the molecule is CN(C)S(=O)(=O)c1cccc(NC(=O)C2CC3CCC2C3)c1. The maximum atomic E-state index is 12.4. The number of carbonyl (C=O) groups is 1. The molecule has 0 saturated heterocycles. The third kappa shape index (κ3) is 2.77. The number of benzene rings is 1. The molecule has 1 N–H and O–H groups in total. The Morgan fingerprint density at radius 2 is 2.00 bits per heavy atom. The van der Waals surface area contributed by atoms with E-state index in [1.54, 1.807) is 18.2 Å². The molecule has 2 saturated carbocycles. The number of hydrogen-bond acceptors (Lipinski definition) is 3. The van der Waals surface area contributed by atoms with Crippen LogP contribution in [-0.2, 0) is 14.8 Å². The number of nitrogens with zero attached hydrogens (tertiary/aromatic N) is 1. The van der Waals surface area contributed by atoms with E-state index < -0.39 is 10.0 Å². The molecule has 6 heteroatoms. The Kier molecular flexibility index (Phi) is 3.99. The first-order chi connectivity index (χ1) is 10.4. The normalized spacial score (nSPS) is 27.3. The first kappa shape index (κ1) is 15.5. The van der Waals surface area contributed by atoms with Crippen molar-refractivity contribution in [2.45, 2.75) is 30.6 Å². The van der Waals surface area contributed by atoms with Crippen molar-refractivity contribution in [2.75, 3.05) is 19.4 Å².